The Labute approximate surface area is 106 Å². The zero-order valence-electron chi connectivity index (χ0n) is 8.61. The van der Waals surface area contributed by atoms with Crippen LogP contribution < -0.4 is 5.32 Å². The topological polar surface area (TPSA) is 66.0 Å². The summed E-state index contributed by atoms with van der Waals surface area (Å²) in [5.74, 6) is -0.308. The quantitative estimate of drug-likeness (QED) is 0.924. The molecule has 1 aromatic heterocycles. The lowest BCUT2D eigenvalue weighted by Crippen LogP contribution is -2.11. The fourth-order valence-corrected chi connectivity index (χ4v) is 1.67. The Morgan fingerprint density at radius 1 is 1.41 bits per heavy atom. The molecule has 0 aliphatic heterocycles. The van der Waals surface area contributed by atoms with Gasteiger partial charge in [0.1, 0.15) is 12.3 Å². The normalized spacial score (nSPS) is 9.65. The van der Waals surface area contributed by atoms with Crippen LogP contribution in [-0.2, 0) is 0 Å². The summed E-state index contributed by atoms with van der Waals surface area (Å²) in [7, 11) is 0. The maximum Gasteiger partial charge on any atom is 0.258 e. The van der Waals surface area contributed by atoms with Crippen LogP contribution in [0.25, 0.3) is 0 Å². The first-order valence-corrected chi connectivity index (χ1v) is 5.53. The third-order valence-corrected chi connectivity index (χ3v) is 2.63. The van der Waals surface area contributed by atoms with Gasteiger partial charge in [0.2, 0.25) is 0 Å². The Kier molecular flexibility index (Phi) is 3.26. The van der Waals surface area contributed by atoms with E-state index in [2.05, 4.69) is 21.2 Å². The van der Waals surface area contributed by atoms with Gasteiger partial charge in [-0.05, 0) is 24.3 Å². The molecule has 0 radical (unpaired) electrons. The van der Waals surface area contributed by atoms with Gasteiger partial charge in [-0.15, -0.1) is 0 Å². The van der Waals surface area contributed by atoms with Crippen LogP contribution in [-0.4, -0.2) is 5.91 Å². The molecule has 0 spiro atoms. The number of carbonyl (C=O) groups excluding carboxylic acids is 1. The largest absolute Gasteiger partial charge is 0.472 e. The zero-order chi connectivity index (χ0) is 12.3. The maximum absolute atomic E-state index is 11.7. The van der Waals surface area contributed by atoms with Gasteiger partial charge in [-0.2, -0.15) is 5.26 Å². The van der Waals surface area contributed by atoms with Crippen molar-refractivity contribution in [2.24, 2.45) is 0 Å². The first-order chi connectivity index (χ1) is 8.20. The third kappa shape index (κ3) is 2.55. The Hall–Kier alpha value is -2.06. The second kappa shape index (κ2) is 4.85. The van der Waals surface area contributed by atoms with Crippen LogP contribution in [0.5, 0.6) is 0 Å². The molecule has 0 saturated carbocycles. The Balaban J connectivity index is 2.25. The number of hydrogen-bond acceptors (Lipinski definition) is 3. The van der Waals surface area contributed by atoms with E-state index in [0.29, 0.717) is 16.8 Å². The molecule has 0 bridgehead atoms. The molecule has 0 aliphatic rings. The Morgan fingerprint density at radius 2 is 2.24 bits per heavy atom. The number of amides is 1. The Morgan fingerprint density at radius 3 is 2.88 bits per heavy atom. The van der Waals surface area contributed by atoms with Crippen molar-refractivity contribution < 1.29 is 9.21 Å². The molecular weight excluding hydrogens is 284 g/mol. The van der Waals surface area contributed by atoms with Crippen molar-refractivity contribution in [1.29, 1.82) is 5.26 Å². The summed E-state index contributed by atoms with van der Waals surface area (Å²) in [4.78, 5) is 11.7. The van der Waals surface area contributed by atoms with Crippen LogP contribution in [0, 0.1) is 11.3 Å². The summed E-state index contributed by atoms with van der Waals surface area (Å²) in [5.41, 5.74) is 1.29. The highest BCUT2D eigenvalue weighted by molar-refractivity contribution is 9.10. The van der Waals surface area contributed by atoms with Crippen molar-refractivity contribution in [3.63, 3.8) is 0 Å². The van der Waals surface area contributed by atoms with E-state index in [9.17, 15) is 4.79 Å². The second-order valence-corrected chi connectivity index (χ2v) is 4.18. The lowest BCUT2D eigenvalue weighted by molar-refractivity contribution is 0.102. The van der Waals surface area contributed by atoms with E-state index in [4.69, 9.17) is 9.68 Å². The van der Waals surface area contributed by atoms with Crippen molar-refractivity contribution in [2.45, 2.75) is 0 Å². The Bertz CT molecular complexity index is 585. The van der Waals surface area contributed by atoms with Gasteiger partial charge in [-0.1, -0.05) is 15.9 Å². The van der Waals surface area contributed by atoms with Crippen molar-refractivity contribution in [1.82, 2.24) is 0 Å². The van der Waals surface area contributed by atoms with Crippen LogP contribution in [0.2, 0.25) is 0 Å². The van der Waals surface area contributed by atoms with Gasteiger partial charge >= 0.3 is 0 Å². The number of anilines is 1. The summed E-state index contributed by atoms with van der Waals surface area (Å²) in [6, 6.07) is 8.64. The van der Waals surface area contributed by atoms with Gasteiger partial charge in [0.25, 0.3) is 5.91 Å². The molecule has 5 heteroatoms. The van der Waals surface area contributed by atoms with Crippen LogP contribution >= 0.6 is 15.9 Å². The van der Waals surface area contributed by atoms with E-state index in [0.717, 1.165) is 4.47 Å². The van der Waals surface area contributed by atoms with E-state index in [1.807, 2.05) is 6.07 Å². The molecule has 1 N–H and O–H groups in total. The molecule has 4 nitrogen and oxygen atoms in total. The fraction of sp³-hybridized carbons (Fsp3) is 0. The molecular formula is C12H7BrN2O2. The number of nitrogens with one attached hydrogen (secondary N) is 1. The first kappa shape index (κ1) is 11.4. The zero-order valence-corrected chi connectivity index (χ0v) is 10.2. The third-order valence-electron chi connectivity index (χ3n) is 2.13. The van der Waals surface area contributed by atoms with Crippen LogP contribution in [0.1, 0.15) is 15.9 Å². The molecule has 84 valence electrons. The predicted octanol–water partition coefficient (Wildman–Crippen LogP) is 3.17. The van der Waals surface area contributed by atoms with Crippen molar-refractivity contribution in [3.05, 3.63) is 52.4 Å². The molecule has 0 atom stereocenters. The van der Waals surface area contributed by atoms with Gasteiger partial charge in [0.15, 0.2) is 0 Å². The molecule has 1 heterocycles. The number of carbonyl (C=O) groups is 1. The van der Waals surface area contributed by atoms with Gasteiger partial charge in [0, 0.05) is 4.47 Å². The standard InChI is InChI=1S/C12H7BrN2O2/c13-10-1-2-11(9(5-10)6-14)15-12(16)8-3-4-17-7-8/h1-5,7H,(H,15,16). The number of furan rings is 1. The minimum Gasteiger partial charge on any atom is -0.472 e. The molecule has 2 aromatic rings. The van der Waals surface area contributed by atoms with Gasteiger partial charge in [0.05, 0.1) is 23.1 Å². The second-order valence-electron chi connectivity index (χ2n) is 3.27. The minimum absolute atomic E-state index is 0.308. The molecule has 17 heavy (non-hydrogen) atoms. The molecule has 0 aliphatic carbocycles. The highest BCUT2D eigenvalue weighted by Crippen LogP contribution is 2.20. The van der Waals surface area contributed by atoms with E-state index in [-0.39, 0.29) is 5.91 Å². The molecule has 0 fully saturated rings. The lowest BCUT2D eigenvalue weighted by Gasteiger charge is -2.05. The highest BCUT2D eigenvalue weighted by atomic mass is 79.9. The molecule has 1 amide bonds. The van der Waals surface area contributed by atoms with Gasteiger partial charge in [-0.25, -0.2) is 0 Å². The van der Waals surface area contributed by atoms with Crippen molar-refractivity contribution >= 4 is 27.5 Å². The summed E-state index contributed by atoms with van der Waals surface area (Å²) < 4.78 is 5.60. The van der Waals surface area contributed by atoms with Crippen LogP contribution in [0.4, 0.5) is 5.69 Å². The fourth-order valence-electron chi connectivity index (χ4n) is 1.31. The van der Waals surface area contributed by atoms with E-state index >= 15 is 0 Å². The lowest BCUT2D eigenvalue weighted by atomic mass is 10.2. The smallest absolute Gasteiger partial charge is 0.258 e. The number of hydrogen-bond donors (Lipinski definition) is 1. The first-order valence-electron chi connectivity index (χ1n) is 4.74. The summed E-state index contributed by atoms with van der Waals surface area (Å²) >= 11 is 3.26. The highest BCUT2D eigenvalue weighted by Gasteiger charge is 2.10. The molecule has 2 rings (SSSR count). The van der Waals surface area contributed by atoms with Crippen molar-refractivity contribution in [2.75, 3.05) is 5.32 Å². The van der Waals surface area contributed by atoms with Crippen LogP contribution in [0.3, 0.4) is 0 Å². The number of nitriles is 1. The molecule has 1 aromatic carbocycles. The monoisotopic (exact) mass is 290 g/mol. The molecule has 0 saturated heterocycles. The molecule has 0 unspecified atom stereocenters. The minimum atomic E-state index is -0.308. The van der Waals surface area contributed by atoms with E-state index < -0.39 is 0 Å². The summed E-state index contributed by atoms with van der Waals surface area (Å²) in [6.07, 6.45) is 2.77. The number of rotatable bonds is 2. The number of benzene rings is 1. The van der Waals surface area contributed by atoms with Crippen molar-refractivity contribution in [3.8, 4) is 6.07 Å². The van der Waals surface area contributed by atoms with E-state index in [1.165, 1.54) is 12.5 Å². The average molecular weight is 291 g/mol. The van der Waals surface area contributed by atoms with Gasteiger partial charge in [-0.3, -0.25) is 4.79 Å². The predicted molar refractivity (Wildman–Crippen MR) is 65.5 cm³/mol. The summed E-state index contributed by atoms with van der Waals surface area (Å²) in [6.45, 7) is 0. The maximum atomic E-state index is 11.7. The summed E-state index contributed by atoms with van der Waals surface area (Å²) in [5, 5.41) is 11.6. The van der Waals surface area contributed by atoms with Crippen LogP contribution in [0.15, 0.2) is 45.7 Å². The SMILES string of the molecule is N#Cc1cc(Br)ccc1NC(=O)c1ccoc1. The van der Waals surface area contributed by atoms with E-state index in [1.54, 1.807) is 24.3 Å². The average Bonchev–Trinajstić information content (AvgIpc) is 2.85. The number of halogens is 1. The number of nitrogens with zero attached hydrogens (tertiary/aromatic N) is 1. The van der Waals surface area contributed by atoms with Gasteiger partial charge < -0.3 is 9.73 Å².